The van der Waals surface area contributed by atoms with Gasteiger partial charge in [-0.2, -0.15) is 0 Å². The van der Waals surface area contributed by atoms with Crippen LogP contribution in [0.1, 0.15) is 52.9 Å². The highest BCUT2D eigenvalue weighted by Crippen LogP contribution is 2.10. The Balaban J connectivity index is 3.21. The molecule has 0 fully saturated rings. The molecule has 0 rings (SSSR count). The minimum Gasteiger partial charge on any atom is -0.385 e. The smallest absolute Gasteiger partial charge is 0.158 e. The van der Waals surface area contributed by atoms with Crippen LogP contribution in [0.25, 0.3) is 0 Å². The first-order valence-corrected chi connectivity index (χ1v) is 5.22. The first kappa shape index (κ1) is 12.6. The van der Waals surface area contributed by atoms with Crippen molar-refractivity contribution < 1.29 is 9.90 Å². The Labute approximate surface area is 81.3 Å². The Hall–Kier alpha value is -0.370. The van der Waals surface area contributed by atoms with E-state index >= 15 is 0 Å². The Kier molecular flexibility index (Phi) is 6.87. The van der Waals surface area contributed by atoms with Crippen molar-refractivity contribution in [3.05, 3.63) is 0 Å². The largest absolute Gasteiger partial charge is 0.385 e. The molecule has 0 aromatic heterocycles. The lowest BCUT2D eigenvalue weighted by atomic mass is 10.0. The second-order valence-corrected chi connectivity index (χ2v) is 4.16. The standard InChI is InChI=1S/C11H22O2/c1-9(2)7-5-4-6-8-11(13)10(3)12/h9,11,13H,4-8H2,1-3H3. The van der Waals surface area contributed by atoms with E-state index in [9.17, 15) is 9.90 Å². The van der Waals surface area contributed by atoms with Gasteiger partial charge >= 0.3 is 0 Å². The third-order valence-electron chi connectivity index (χ3n) is 2.23. The number of aliphatic hydroxyl groups excluding tert-OH is 1. The summed E-state index contributed by atoms with van der Waals surface area (Å²) >= 11 is 0. The van der Waals surface area contributed by atoms with Gasteiger partial charge in [-0.05, 0) is 19.3 Å². The maximum Gasteiger partial charge on any atom is 0.158 e. The zero-order chi connectivity index (χ0) is 10.3. The van der Waals surface area contributed by atoms with Crippen molar-refractivity contribution in [2.45, 2.75) is 59.0 Å². The predicted octanol–water partition coefficient (Wildman–Crippen LogP) is 2.54. The van der Waals surface area contributed by atoms with Crippen molar-refractivity contribution in [3.8, 4) is 0 Å². The van der Waals surface area contributed by atoms with Crippen molar-refractivity contribution >= 4 is 5.78 Å². The Morgan fingerprint density at radius 2 is 1.69 bits per heavy atom. The summed E-state index contributed by atoms with van der Waals surface area (Å²) in [7, 11) is 0. The summed E-state index contributed by atoms with van der Waals surface area (Å²) in [5.41, 5.74) is 0. The van der Waals surface area contributed by atoms with Crippen molar-refractivity contribution in [1.82, 2.24) is 0 Å². The van der Waals surface area contributed by atoms with Crippen LogP contribution in [0.15, 0.2) is 0 Å². The molecule has 0 radical (unpaired) electrons. The summed E-state index contributed by atoms with van der Waals surface area (Å²) in [5, 5.41) is 9.19. The van der Waals surface area contributed by atoms with Crippen LogP contribution >= 0.6 is 0 Å². The normalized spacial score (nSPS) is 13.3. The van der Waals surface area contributed by atoms with Crippen molar-refractivity contribution in [1.29, 1.82) is 0 Å². The molecule has 0 aliphatic rings. The quantitative estimate of drug-likeness (QED) is 0.620. The van der Waals surface area contributed by atoms with Gasteiger partial charge in [0.2, 0.25) is 0 Å². The van der Waals surface area contributed by atoms with E-state index in [0.717, 1.165) is 18.8 Å². The summed E-state index contributed by atoms with van der Waals surface area (Å²) in [4.78, 5) is 10.7. The average molecular weight is 186 g/mol. The fourth-order valence-corrected chi connectivity index (χ4v) is 1.27. The molecule has 0 aliphatic heterocycles. The van der Waals surface area contributed by atoms with Crippen LogP contribution in [0.2, 0.25) is 0 Å². The summed E-state index contributed by atoms with van der Waals surface area (Å²) < 4.78 is 0. The average Bonchev–Trinajstić information content (AvgIpc) is 2.02. The Morgan fingerprint density at radius 3 is 2.15 bits per heavy atom. The highest BCUT2D eigenvalue weighted by Gasteiger charge is 2.08. The van der Waals surface area contributed by atoms with Crippen LogP contribution in [0.5, 0.6) is 0 Å². The summed E-state index contributed by atoms with van der Waals surface area (Å²) in [5.74, 6) is 0.654. The van der Waals surface area contributed by atoms with Gasteiger partial charge < -0.3 is 5.11 Å². The van der Waals surface area contributed by atoms with E-state index in [0.29, 0.717) is 6.42 Å². The van der Waals surface area contributed by atoms with Gasteiger partial charge in [0.05, 0.1) is 0 Å². The van der Waals surface area contributed by atoms with Gasteiger partial charge in [0.25, 0.3) is 0 Å². The van der Waals surface area contributed by atoms with Crippen molar-refractivity contribution in [2.75, 3.05) is 0 Å². The maximum atomic E-state index is 10.7. The molecule has 78 valence electrons. The van der Waals surface area contributed by atoms with Gasteiger partial charge in [-0.25, -0.2) is 0 Å². The molecule has 0 saturated heterocycles. The number of ketones is 1. The van der Waals surface area contributed by atoms with Gasteiger partial charge in [-0.15, -0.1) is 0 Å². The zero-order valence-electron chi connectivity index (χ0n) is 9.05. The fraction of sp³-hybridized carbons (Fsp3) is 0.909. The summed E-state index contributed by atoms with van der Waals surface area (Å²) in [6.07, 6.45) is 4.46. The molecule has 13 heavy (non-hydrogen) atoms. The number of Topliss-reactive ketones (excluding diaryl/α,β-unsaturated/α-hetero) is 1. The number of unbranched alkanes of at least 4 members (excludes halogenated alkanes) is 2. The highest BCUT2D eigenvalue weighted by molar-refractivity contribution is 5.79. The number of aliphatic hydroxyl groups is 1. The SMILES string of the molecule is CC(=O)C(O)CCCCCC(C)C. The first-order chi connectivity index (χ1) is 6.04. The van der Waals surface area contributed by atoms with Gasteiger partial charge in [0.15, 0.2) is 5.78 Å². The fourth-order valence-electron chi connectivity index (χ4n) is 1.27. The van der Waals surface area contributed by atoms with Crippen LogP contribution in [0.4, 0.5) is 0 Å². The predicted molar refractivity (Wildman–Crippen MR) is 54.6 cm³/mol. The van der Waals surface area contributed by atoms with E-state index in [1.54, 1.807) is 0 Å². The molecule has 1 unspecified atom stereocenters. The van der Waals surface area contributed by atoms with Crippen molar-refractivity contribution in [2.24, 2.45) is 5.92 Å². The molecule has 1 N–H and O–H groups in total. The molecule has 0 saturated carbocycles. The van der Waals surface area contributed by atoms with E-state index < -0.39 is 6.10 Å². The number of hydrogen-bond acceptors (Lipinski definition) is 2. The number of carbonyl (C=O) groups is 1. The third kappa shape index (κ3) is 7.97. The van der Waals surface area contributed by atoms with Crippen molar-refractivity contribution in [3.63, 3.8) is 0 Å². The number of hydrogen-bond donors (Lipinski definition) is 1. The molecular weight excluding hydrogens is 164 g/mol. The molecule has 0 aromatic carbocycles. The summed E-state index contributed by atoms with van der Waals surface area (Å²) in [6, 6.07) is 0. The molecule has 0 aliphatic carbocycles. The van der Waals surface area contributed by atoms with E-state index in [-0.39, 0.29) is 5.78 Å². The molecule has 1 atom stereocenters. The first-order valence-electron chi connectivity index (χ1n) is 5.22. The molecular formula is C11H22O2. The lowest BCUT2D eigenvalue weighted by Gasteiger charge is -2.07. The van der Waals surface area contributed by atoms with E-state index in [4.69, 9.17) is 0 Å². The zero-order valence-corrected chi connectivity index (χ0v) is 9.05. The van der Waals surface area contributed by atoms with Gasteiger partial charge in [-0.3, -0.25) is 4.79 Å². The molecule has 2 nitrogen and oxygen atoms in total. The minimum atomic E-state index is -0.723. The molecule has 0 bridgehead atoms. The van der Waals surface area contributed by atoms with E-state index in [1.807, 2.05) is 0 Å². The maximum absolute atomic E-state index is 10.7. The molecule has 0 spiro atoms. The second-order valence-electron chi connectivity index (χ2n) is 4.16. The van der Waals surface area contributed by atoms with Crippen LogP contribution < -0.4 is 0 Å². The summed E-state index contributed by atoms with van der Waals surface area (Å²) in [6.45, 7) is 5.87. The lowest BCUT2D eigenvalue weighted by Crippen LogP contribution is -2.16. The van der Waals surface area contributed by atoms with Crippen LogP contribution in [0, 0.1) is 5.92 Å². The molecule has 0 aromatic rings. The van der Waals surface area contributed by atoms with Crippen LogP contribution in [0.3, 0.4) is 0 Å². The van der Waals surface area contributed by atoms with Crippen LogP contribution in [-0.4, -0.2) is 17.0 Å². The van der Waals surface area contributed by atoms with E-state index in [2.05, 4.69) is 13.8 Å². The number of rotatable bonds is 7. The van der Waals surface area contributed by atoms with Gasteiger partial charge in [0, 0.05) is 0 Å². The van der Waals surface area contributed by atoms with Gasteiger partial charge in [0.1, 0.15) is 6.10 Å². The molecule has 2 heteroatoms. The topological polar surface area (TPSA) is 37.3 Å². The number of carbonyl (C=O) groups excluding carboxylic acids is 1. The Bertz CT molecular complexity index is 141. The third-order valence-corrected chi connectivity index (χ3v) is 2.23. The van der Waals surface area contributed by atoms with Crippen LogP contribution in [-0.2, 0) is 4.79 Å². The highest BCUT2D eigenvalue weighted by atomic mass is 16.3. The van der Waals surface area contributed by atoms with Gasteiger partial charge in [-0.1, -0.05) is 39.5 Å². The molecule has 0 heterocycles. The minimum absolute atomic E-state index is 0.108. The Morgan fingerprint density at radius 1 is 1.15 bits per heavy atom. The monoisotopic (exact) mass is 186 g/mol. The second kappa shape index (κ2) is 7.07. The molecule has 0 amide bonds. The lowest BCUT2D eigenvalue weighted by molar-refractivity contribution is -0.125. The van der Waals surface area contributed by atoms with E-state index in [1.165, 1.54) is 19.8 Å².